The number of fused-ring (bicyclic) bond motifs is 5. The van der Waals surface area contributed by atoms with E-state index in [1.165, 1.54) is 6.08 Å². The average molecular weight is 601 g/mol. The molecule has 4 saturated heterocycles. The van der Waals surface area contributed by atoms with E-state index in [2.05, 4.69) is 58.3 Å². The van der Waals surface area contributed by atoms with E-state index in [1.54, 1.807) is 9.91 Å². The van der Waals surface area contributed by atoms with Gasteiger partial charge in [0.15, 0.2) is 0 Å². The molecule has 236 valence electrons. The molecule has 6 aliphatic rings. The normalized spacial score (nSPS) is 39.9. The topological polar surface area (TPSA) is 140 Å². The predicted octanol–water partition coefficient (Wildman–Crippen LogP) is 0.280. The predicted molar refractivity (Wildman–Crippen MR) is 156 cm³/mol. The van der Waals surface area contributed by atoms with Crippen LogP contribution in [-0.4, -0.2) is 113 Å². The molecule has 6 rings (SSSR count). The molecule has 0 saturated carbocycles. The van der Waals surface area contributed by atoms with Crippen LogP contribution in [0.4, 0.5) is 9.18 Å². The molecule has 5 N–H and O–H groups in total. The Kier molecular flexibility index (Phi) is 8.54. The van der Waals surface area contributed by atoms with Crippen molar-refractivity contribution in [3.8, 4) is 6.07 Å². The number of amides is 3. The largest absolute Gasteiger partial charge is 0.376 e. The van der Waals surface area contributed by atoms with E-state index in [0.717, 1.165) is 18.7 Å². The Morgan fingerprint density at radius 1 is 1.30 bits per heavy atom. The third-order valence-corrected chi connectivity index (χ3v) is 10.1. The fourth-order valence-corrected chi connectivity index (χ4v) is 8.01. The van der Waals surface area contributed by atoms with Crippen LogP contribution < -0.4 is 26.9 Å². The summed E-state index contributed by atoms with van der Waals surface area (Å²) in [5.41, 5.74) is 7.15. The maximum atomic E-state index is 16.2. The van der Waals surface area contributed by atoms with E-state index in [-0.39, 0.29) is 66.9 Å². The van der Waals surface area contributed by atoms with Crippen molar-refractivity contribution in [2.45, 2.75) is 101 Å². The van der Waals surface area contributed by atoms with Crippen molar-refractivity contribution in [3.05, 3.63) is 24.6 Å². The van der Waals surface area contributed by atoms with Gasteiger partial charge in [-0.3, -0.25) is 20.0 Å². The highest BCUT2D eigenvalue weighted by molar-refractivity contribution is 5.87. The average Bonchev–Trinajstić information content (AvgIpc) is 3.45. The first-order valence-corrected chi connectivity index (χ1v) is 15.6. The van der Waals surface area contributed by atoms with Crippen LogP contribution in [-0.2, 0) is 9.53 Å². The molecular formula is C29H45FN10O3. The second-order valence-corrected chi connectivity index (χ2v) is 13.0. The number of hydrogen-bond donors (Lipinski definition) is 5. The highest BCUT2D eigenvalue weighted by Gasteiger charge is 2.56. The van der Waals surface area contributed by atoms with Gasteiger partial charge in [0.1, 0.15) is 12.3 Å². The van der Waals surface area contributed by atoms with E-state index in [4.69, 9.17) is 4.74 Å². The summed E-state index contributed by atoms with van der Waals surface area (Å²) in [4.78, 5) is 32.8. The van der Waals surface area contributed by atoms with E-state index in [9.17, 15) is 14.9 Å². The van der Waals surface area contributed by atoms with E-state index in [1.807, 2.05) is 18.0 Å². The van der Waals surface area contributed by atoms with E-state index < -0.39 is 24.7 Å². The minimum Gasteiger partial charge on any atom is -0.376 e. The molecule has 0 aromatic carbocycles. The third kappa shape index (κ3) is 5.46. The second-order valence-electron chi connectivity index (χ2n) is 13.0. The van der Waals surface area contributed by atoms with Crippen molar-refractivity contribution in [1.29, 1.82) is 5.26 Å². The zero-order valence-electron chi connectivity index (χ0n) is 25.2. The van der Waals surface area contributed by atoms with Crippen molar-refractivity contribution in [3.63, 3.8) is 0 Å². The Labute approximate surface area is 252 Å². The zero-order valence-corrected chi connectivity index (χ0v) is 25.2. The fourth-order valence-electron chi connectivity index (χ4n) is 8.01. The fraction of sp³-hybridized carbons (Fsp3) is 0.759. The number of hydrazine groups is 2. The van der Waals surface area contributed by atoms with Gasteiger partial charge in [0.25, 0.3) is 0 Å². The summed E-state index contributed by atoms with van der Waals surface area (Å²) in [5.74, 6) is -0.298. The van der Waals surface area contributed by atoms with Gasteiger partial charge in [-0.2, -0.15) is 5.26 Å². The lowest BCUT2D eigenvalue weighted by molar-refractivity contribution is -0.139. The Balaban J connectivity index is 1.37. The highest BCUT2D eigenvalue weighted by atomic mass is 19.1. The summed E-state index contributed by atoms with van der Waals surface area (Å²) in [5, 5.41) is 21.8. The van der Waals surface area contributed by atoms with Crippen LogP contribution in [0.15, 0.2) is 24.6 Å². The number of alkyl halides is 1. The van der Waals surface area contributed by atoms with Crippen LogP contribution in [0, 0.1) is 23.2 Å². The summed E-state index contributed by atoms with van der Waals surface area (Å²) in [6.07, 6.45) is 1.83. The summed E-state index contributed by atoms with van der Waals surface area (Å²) >= 11 is 0. The number of piperazine rings is 1. The quantitative estimate of drug-likeness (QED) is 0.286. The van der Waals surface area contributed by atoms with Gasteiger partial charge in [-0.25, -0.2) is 9.18 Å². The molecule has 13 nitrogen and oxygen atoms in total. The molecule has 3 amide bonds. The molecule has 4 fully saturated rings. The van der Waals surface area contributed by atoms with Crippen molar-refractivity contribution >= 4 is 11.9 Å². The Hall–Kier alpha value is -2.96. The first kappa shape index (κ1) is 30.1. The number of ether oxygens (including phenoxy) is 1. The van der Waals surface area contributed by atoms with Gasteiger partial charge < -0.3 is 30.6 Å². The highest BCUT2D eigenvalue weighted by Crippen LogP contribution is 2.39. The Bertz CT molecular complexity index is 1160. The molecule has 0 aromatic rings. The van der Waals surface area contributed by atoms with Gasteiger partial charge in [0.2, 0.25) is 5.91 Å². The molecule has 43 heavy (non-hydrogen) atoms. The minimum absolute atomic E-state index is 0.00660. The number of piperidine rings is 2. The SMILES string of the molecule is C=CC(=O)N1CC(C)N(C2NC(=O)N3C4NC(C(F)CC24)N2C=C(CCOC4CCNC(C(C)C)C43)NN2)CC1CC#N. The van der Waals surface area contributed by atoms with E-state index >= 15 is 4.39 Å². The number of hydrogen-bond acceptors (Lipinski definition) is 10. The Morgan fingerprint density at radius 3 is 2.86 bits per heavy atom. The standard InChI is InChI=1S/C29H45FN10O3/c1-5-23(41)38-13-17(4)37(15-19(38)6-9-31)26-20-12-21(30)28-33-27(20)40(29(42)34-26)25-22(7-10-32-24(25)16(2)3)43-11-8-18-14-39(28)36-35-18/h5,14,16-17,19-22,24-28,32-33,35-36H,1,6-8,10-13,15H2,2-4H3,(H,34,42). The minimum atomic E-state index is -1.24. The molecule has 6 heterocycles. The summed E-state index contributed by atoms with van der Waals surface area (Å²) < 4.78 is 22.7. The lowest BCUT2D eigenvalue weighted by Gasteiger charge is -2.59. The van der Waals surface area contributed by atoms with Gasteiger partial charge in [-0.1, -0.05) is 20.4 Å². The maximum Gasteiger partial charge on any atom is 0.320 e. The van der Waals surface area contributed by atoms with Crippen LogP contribution in [0.2, 0.25) is 0 Å². The summed E-state index contributed by atoms with van der Waals surface area (Å²) in [6.45, 7) is 12.0. The van der Waals surface area contributed by atoms with Crippen molar-refractivity contribution in [1.82, 2.24) is 46.6 Å². The lowest BCUT2D eigenvalue weighted by Crippen LogP contribution is -2.81. The number of rotatable bonds is 4. The van der Waals surface area contributed by atoms with Crippen LogP contribution in [0.25, 0.3) is 0 Å². The number of carbonyl (C=O) groups excluding carboxylic acids is 2. The van der Waals surface area contributed by atoms with Gasteiger partial charge in [0, 0.05) is 49.4 Å². The molecule has 10 atom stereocenters. The van der Waals surface area contributed by atoms with E-state index in [0.29, 0.717) is 26.1 Å². The monoisotopic (exact) mass is 600 g/mol. The molecule has 0 aliphatic carbocycles. The first-order valence-electron chi connectivity index (χ1n) is 15.6. The van der Waals surface area contributed by atoms with Crippen LogP contribution in [0.3, 0.4) is 0 Å². The number of nitrogens with zero attached hydrogens (tertiary/aromatic N) is 5. The number of urea groups is 1. The number of carbonyl (C=O) groups is 2. The maximum absolute atomic E-state index is 16.2. The smallest absolute Gasteiger partial charge is 0.320 e. The number of nitrogens with one attached hydrogen (secondary N) is 5. The van der Waals surface area contributed by atoms with Crippen molar-refractivity contribution < 1.29 is 18.7 Å². The second kappa shape index (κ2) is 12.2. The molecular weight excluding hydrogens is 555 g/mol. The molecule has 4 bridgehead atoms. The third-order valence-electron chi connectivity index (χ3n) is 10.1. The molecule has 0 radical (unpaired) electrons. The molecule has 14 heteroatoms. The molecule has 0 aromatic heterocycles. The zero-order chi connectivity index (χ0) is 30.4. The molecule has 0 spiro atoms. The van der Waals surface area contributed by atoms with Gasteiger partial charge in [-0.05, 0) is 38.3 Å². The van der Waals surface area contributed by atoms with Crippen LogP contribution in [0.1, 0.15) is 46.5 Å². The van der Waals surface area contributed by atoms with Crippen LogP contribution >= 0.6 is 0 Å². The van der Waals surface area contributed by atoms with Crippen molar-refractivity contribution in [2.24, 2.45) is 11.8 Å². The Morgan fingerprint density at radius 2 is 2.12 bits per heavy atom. The van der Waals surface area contributed by atoms with Gasteiger partial charge in [0.05, 0.1) is 49.6 Å². The van der Waals surface area contributed by atoms with Gasteiger partial charge >= 0.3 is 6.03 Å². The van der Waals surface area contributed by atoms with Gasteiger partial charge in [-0.15, -0.1) is 5.53 Å². The molecule has 6 aliphatic heterocycles. The lowest BCUT2D eigenvalue weighted by atomic mass is 9.81. The number of nitriles is 1. The summed E-state index contributed by atoms with van der Waals surface area (Å²) in [6, 6.07) is 1.22. The summed E-state index contributed by atoms with van der Waals surface area (Å²) in [7, 11) is 0. The van der Waals surface area contributed by atoms with Crippen LogP contribution in [0.5, 0.6) is 0 Å². The first-order chi connectivity index (χ1) is 20.7. The molecule has 10 unspecified atom stereocenters. The van der Waals surface area contributed by atoms with Crippen molar-refractivity contribution in [2.75, 3.05) is 26.2 Å². The number of halogens is 1.